The predicted molar refractivity (Wildman–Crippen MR) is 94.2 cm³/mol. The third kappa shape index (κ3) is 5.32. The van der Waals surface area contributed by atoms with Crippen LogP contribution in [0.25, 0.3) is 0 Å². The number of benzene rings is 1. The number of hydrogen-bond acceptors (Lipinski definition) is 6. The van der Waals surface area contributed by atoms with Crippen LogP contribution in [0.1, 0.15) is 12.5 Å². The number of amides is 1. The molecule has 0 saturated carbocycles. The second-order valence-corrected chi connectivity index (χ2v) is 6.28. The predicted octanol–water partition coefficient (Wildman–Crippen LogP) is 2.31. The number of carbonyl (C=O) groups excluding carboxylic acids is 1. The smallest absolute Gasteiger partial charge is 0.382 e. The van der Waals surface area contributed by atoms with E-state index in [0.29, 0.717) is 12.7 Å². The molecule has 1 amide bonds. The van der Waals surface area contributed by atoms with Crippen molar-refractivity contribution in [3.8, 4) is 0 Å². The van der Waals surface area contributed by atoms with E-state index >= 15 is 0 Å². The van der Waals surface area contributed by atoms with Crippen molar-refractivity contribution in [2.75, 3.05) is 51.4 Å². The van der Waals surface area contributed by atoms with E-state index in [2.05, 4.69) is 0 Å². The Labute approximate surface area is 159 Å². The molecule has 0 radical (unpaired) electrons. The molecule has 1 saturated heterocycles. The summed E-state index contributed by atoms with van der Waals surface area (Å²) in [4.78, 5) is 26.0. The number of halogens is 3. The molecule has 156 valence electrons. The average Bonchev–Trinajstić information content (AvgIpc) is 2.66. The first-order chi connectivity index (χ1) is 13.1. The number of anilines is 1. The second kappa shape index (κ2) is 9.20. The lowest BCUT2D eigenvalue weighted by atomic mass is 10.1. The van der Waals surface area contributed by atoms with Gasteiger partial charge in [-0.15, -0.1) is 0 Å². The number of ether oxygens (including phenoxy) is 2. The largest absolute Gasteiger partial charge is 0.416 e. The first-order valence-electron chi connectivity index (χ1n) is 8.65. The molecule has 1 atom stereocenters. The maximum Gasteiger partial charge on any atom is 0.416 e. The Bertz CT molecular complexity index is 706. The number of alkyl halides is 3. The van der Waals surface area contributed by atoms with Gasteiger partial charge in [-0.3, -0.25) is 14.9 Å². The van der Waals surface area contributed by atoms with Gasteiger partial charge in [0.1, 0.15) is 11.8 Å². The quantitative estimate of drug-likeness (QED) is 0.393. The van der Waals surface area contributed by atoms with Gasteiger partial charge in [0.2, 0.25) is 0 Å². The second-order valence-electron chi connectivity index (χ2n) is 6.28. The van der Waals surface area contributed by atoms with E-state index in [1.165, 1.54) is 7.11 Å². The lowest BCUT2D eigenvalue weighted by molar-refractivity contribution is -0.384. The third-order valence-corrected chi connectivity index (χ3v) is 4.43. The molecule has 0 bridgehead atoms. The van der Waals surface area contributed by atoms with E-state index in [9.17, 15) is 28.1 Å². The van der Waals surface area contributed by atoms with Crippen molar-refractivity contribution >= 4 is 17.3 Å². The summed E-state index contributed by atoms with van der Waals surface area (Å²) >= 11 is 0. The highest BCUT2D eigenvalue weighted by Gasteiger charge is 2.34. The van der Waals surface area contributed by atoms with E-state index in [4.69, 9.17) is 9.47 Å². The Balaban J connectivity index is 2.05. The summed E-state index contributed by atoms with van der Waals surface area (Å²) in [7, 11) is 1.52. The molecule has 0 aliphatic carbocycles. The van der Waals surface area contributed by atoms with Gasteiger partial charge < -0.3 is 19.3 Å². The van der Waals surface area contributed by atoms with Gasteiger partial charge in [0.15, 0.2) is 0 Å². The lowest BCUT2D eigenvalue weighted by Gasteiger charge is -2.36. The normalized spacial score (nSPS) is 16.2. The summed E-state index contributed by atoms with van der Waals surface area (Å²) in [6.07, 6.45) is -5.31. The number of methoxy groups -OCH3 is 1. The van der Waals surface area contributed by atoms with Crippen LogP contribution in [0, 0.1) is 10.1 Å². The Morgan fingerprint density at radius 1 is 1.25 bits per heavy atom. The topological polar surface area (TPSA) is 85.2 Å². The molecule has 1 fully saturated rings. The number of piperazine rings is 1. The van der Waals surface area contributed by atoms with Gasteiger partial charge in [-0.05, 0) is 19.1 Å². The molecule has 28 heavy (non-hydrogen) atoms. The van der Waals surface area contributed by atoms with E-state index in [1.54, 1.807) is 16.7 Å². The van der Waals surface area contributed by atoms with Gasteiger partial charge in [-0.25, -0.2) is 0 Å². The van der Waals surface area contributed by atoms with Crippen LogP contribution in [0.5, 0.6) is 0 Å². The molecule has 0 spiro atoms. The molecule has 1 aliphatic heterocycles. The summed E-state index contributed by atoms with van der Waals surface area (Å²) in [6.45, 7) is 3.38. The van der Waals surface area contributed by atoms with Gasteiger partial charge >= 0.3 is 6.18 Å². The molecule has 1 aromatic rings. The fraction of sp³-hybridized carbons (Fsp3) is 0.588. The monoisotopic (exact) mass is 405 g/mol. The minimum atomic E-state index is -4.66. The first-order valence-corrected chi connectivity index (χ1v) is 8.65. The molecule has 0 aromatic heterocycles. The standard InChI is InChI=1S/C17H22F3N3O5/c1-12(28-10-9-27-2)16(24)22-7-5-21(6-8-22)14-4-3-13(17(18,19)20)11-15(14)23(25)26/h3-4,11-12H,5-10H2,1-2H3. The van der Waals surface area contributed by atoms with E-state index < -0.39 is 28.5 Å². The molecule has 1 heterocycles. The summed E-state index contributed by atoms with van der Waals surface area (Å²) in [5.74, 6) is -0.210. The molecular weight excluding hydrogens is 383 g/mol. The SMILES string of the molecule is COCCOC(C)C(=O)N1CCN(c2ccc(C(F)(F)F)cc2[N+](=O)[O-])CC1. The highest BCUT2D eigenvalue weighted by atomic mass is 19.4. The maximum atomic E-state index is 12.8. The summed E-state index contributed by atoms with van der Waals surface area (Å²) in [6, 6.07) is 2.47. The van der Waals surface area contributed by atoms with Gasteiger partial charge in [-0.2, -0.15) is 13.2 Å². The molecule has 11 heteroatoms. The Hall–Kier alpha value is -2.40. The van der Waals surface area contributed by atoms with Crippen molar-refractivity contribution in [3.63, 3.8) is 0 Å². The molecular formula is C17H22F3N3O5. The van der Waals surface area contributed by atoms with Crippen LogP contribution in [0.4, 0.5) is 24.5 Å². The van der Waals surface area contributed by atoms with E-state index in [-0.39, 0.29) is 44.4 Å². The van der Waals surface area contributed by atoms with E-state index in [1.807, 2.05) is 0 Å². The zero-order chi connectivity index (χ0) is 20.9. The fourth-order valence-electron chi connectivity index (χ4n) is 2.92. The van der Waals surface area contributed by atoms with Crippen molar-refractivity contribution in [1.29, 1.82) is 0 Å². The highest BCUT2D eigenvalue weighted by Crippen LogP contribution is 2.36. The summed E-state index contributed by atoms with van der Waals surface area (Å²) < 4.78 is 48.7. The van der Waals surface area contributed by atoms with Gasteiger partial charge in [0, 0.05) is 39.4 Å². The lowest BCUT2D eigenvalue weighted by Crippen LogP contribution is -2.51. The number of rotatable bonds is 7. The van der Waals surface area contributed by atoms with Gasteiger partial charge in [0.05, 0.1) is 23.7 Å². The maximum absolute atomic E-state index is 12.8. The Morgan fingerprint density at radius 2 is 1.89 bits per heavy atom. The van der Waals surface area contributed by atoms with Gasteiger partial charge in [0.25, 0.3) is 11.6 Å². The zero-order valence-corrected chi connectivity index (χ0v) is 15.6. The highest BCUT2D eigenvalue weighted by molar-refractivity contribution is 5.81. The molecule has 8 nitrogen and oxygen atoms in total. The van der Waals surface area contributed by atoms with Crippen LogP contribution in [0.2, 0.25) is 0 Å². The average molecular weight is 405 g/mol. The van der Waals surface area contributed by atoms with Crippen LogP contribution in [-0.4, -0.2) is 68.3 Å². The third-order valence-electron chi connectivity index (χ3n) is 4.43. The van der Waals surface area contributed by atoms with Crippen molar-refractivity contribution in [3.05, 3.63) is 33.9 Å². The molecule has 1 aliphatic rings. The number of nitro benzene ring substituents is 1. The van der Waals surface area contributed by atoms with Crippen LogP contribution < -0.4 is 4.90 Å². The summed E-state index contributed by atoms with van der Waals surface area (Å²) in [5.41, 5.74) is -1.57. The minimum absolute atomic E-state index is 0.106. The number of nitrogens with zero attached hydrogens (tertiary/aromatic N) is 3. The van der Waals surface area contributed by atoms with Crippen LogP contribution in [-0.2, 0) is 20.4 Å². The molecule has 0 N–H and O–H groups in total. The first kappa shape index (κ1) is 21.9. The number of hydrogen-bond donors (Lipinski definition) is 0. The van der Waals surface area contributed by atoms with Crippen LogP contribution >= 0.6 is 0 Å². The fourth-order valence-corrected chi connectivity index (χ4v) is 2.92. The van der Waals surface area contributed by atoms with Crippen LogP contribution in [0.15, 0.2) is 18.2 Å². The summed E-state index contributed by atoms with van der Waals surface area (Å²) in [5, 5.41) is 11.3. The minimum Gasteiger partial charge on any atom is -0.382 e. The molecule has 1 aromatic carbocycles. The van der Waals surface area contributed by atoms with Crippen molar-refractivity contribution in [2.45, 2.75) is 19.2 Å². The van der Waals surface area contributed by atoms with Crippen molar-refractivity contribution in [2.24, 2.45) is 0 Å². The van der Waals surface area contributed by atoms with Gasteiger partial charge in [-0.1, -0.05) is 0 Å². The van der Waals surface area contributed by atoms with Crippen molar-refractivity contribution in [1.82, 2.24) is 4.90 Å². The zero-order valence-electron chi connectivity index (χ0n) is 15.6. The van der Waals surface area contributed by atoms with Crippen LogP contribution in [0.3, 0.4) is 0 Å². The Kier molecular flexibility index (Phi) is 7.19. The number of carbonyl (C=O) groups is 1. The number of nitro groups is 1. The molecule has 2 rings (SSSR count). The Morgan fingerprint density at radius 3 is 2.43 bits per heavy atom. The molecule has 1 unspecified atom stereocenters. The van der Waals surface area contributed by atoms with Crippen molar-refractivity contribution < 1.29 is 32.4 Å². The van der Waals surface area contributed by atoms with E-state index in [0.717, 1.165) is 12.1 Å².